The van der Waals surface area contributed by atoms with Crippen molar-refractivity contribution in [1.82, 2.24) is 9.71 Å². The quantitative estimate of drug-likeness (QED) is 0.846. The number of benzene rings is 1. The first-order valence-electron chi connectivity index (χ1n) is 7.34. The summed E-state index contributed by atoms with van der Waals surface area (Å²) in [7, 11) is -3.25. The van der Waals surface area contributed by atoms with Gasteiger partial charge in [0, 0.05) is 35.3 Å². The Morgan fingerprint density at radius 1 is 1.41 bits per heavy atom. The molecular weight excluding hydrogens is 324 g/mol. The number of nitrogens with one attached hydrogen (secondary N) is 2. The lowest BCUT2D eigenvalue weighted by atomic mass is 10.1. The number of rotatable bonds is 6. The molecule has 0 spiro atoms. The average Bonchev–Trinajstić information content (AvgIpc) is 3.08. The van der Waals surface area contributed by atoms with Gasteiger partial charge in [0.2, 0.25) is 10.0 Å². The van der Waals surface area contributed by atoms with Crippen molar-refractivity contribution in [3.05, 3.63) is 35.0 Å². The summed E-state index contributed by atoms with van der Waals surface area (Å²) in [5.74, 6) is 0.261. The van der Waals surface area contributed by atoms with Crippen LogP contribution in [-0.4, -0.2) is 38.9 Å². The molecule has 1 aliphatic heterocycles. The maximum atomic E-state index is 12.0. The molecular formula is C15H19ClN2O3S. The van der Waals surface area contributed by atoms with Crippen molar-refractivity contribution >= 4 is 32.5 Å². The van der Waals surface area contributed by atoms with Crippen molar-refractivity contribution in [1.29, 1.82) is 0 Å². The van der Waals surface area contributed by atoms with Gasteiger partial charge in [-0.15, -0.1) is 0 Å². The van der Waals surface area contributed by atoms with Gasteiger partial charge >= 0.3 is 0 Å². The van der Waals surface area contributed by atoms with Gasteiger partial charge in [-0.1, -0.05) is 11.6 Å². The first-order valence-corrected chi connectivity index (χ1v) is 9.37. The molecule has 1 aliphatic rings. The van der Waals surface area contributed by atoms with Crippen molar-refractivity contribution in [2.24, 2.45) is 5.92 Å². The third-order valence-corrected chi connectivity index (χ3v) is 5.71. The van der Waals surface area contributed by atoms with Crippen LogP contribution < -0.4 is 4.72 Å². The van der Waals surface area contributed by atoms with Crippen LogP contribution in [0.25, 0.3) is 10.9 Å². The molecule has 22 heavy (non-hydrogen) atoms. The molecule has 0 saturated carbocycles. The van der Waals surface area contributed by atoms with E-state index in [9.17, 15) is 8.42 Å². The minimum atomic E-state index is -3.25. The molecule has 0 unspecified atom stereocenters. The van der Waals surface area contributed by atoms with E-state index in [1.165, 1.54) is 0 Å². The number of ether oxygens (including phenoxy) is 1. The van der Waals surface area contributed by atoms with Crippen LogP contribution in [0.5, 0.6) is 0 Å². The SMILES string of the molecule is O=S(=O)(C[C@H]1CCOC1)NCCc1c[nH]c2ccc(Cl)cc12. The number of aromatic amines is 1. The molecule has 1 aromatic carbocycles. The minimum absolute atomic E-state index is 0.115. The third-order valence-electron chi connectivity index (χ3n) is 3.92. The molecule has 2 aromatic rings. The summed E-state index contributed by atoms with van der Waals surface area (Å²) in [6, 6.07) is 5.65. The van der Waals surface area contributed by atoms with E-state index >= 15 is 0 Å². The molecule has 0 bridgehead atoms. The first kappa shape index (κ1) is 15.8. The van der Waals surface area contributed by atoms with E-state index in [1.807, 2.05) is 24.4 Å². The van der Waals surface area contributed by atoms with E-state index < -0.39 is 10.0 Å². The van der Waals surface area contributed by atoms with Gasteiger partial charge in [0.1, 0.15) is 0 Å². The topological polar surface area (TPSA) is 71.2 Å². The highest BCUT2D eigenvalue weighted by Crippen LogP contribution is 2.22. The molecule has 1 saturated heterocycles. The third kappa shape index (κ3) is 3.81. The molecule has 120 valence electrons. The number of hydrogen-bond donors (Lipinski definition) is 2. The van der Waals surface area contributed by atoms with Gasteiger partial charge in [-0.05, 0) is 42.5 Å². The number of H-pyrrole nitrogens is 1. The molecule has 0 aliphatic carbocycles. The lowest BCUT2D eigenvalue weighted by Gasteiger charge is -2.10. The fraction of sp³-hybridized carbons (Fsp3) is 0.467. The van der Waals surface area contributed by atoms with Gasteiger partial charge in [-0.2, -0.15) is 0 Å². The van der Waals surface area contributed by atoms with Gasteiger partial charge in [0.25, 0.3) is 0 Å². The summed E-state index contributed by atoms with van der Waals surface area (Å²) in [5.41, 5.74) is 2.06. The second-order valence-corrected chi connectivity index (χ2v) is 7.95. The van der Waals surface area contributed by atoms with E-state index in [-0.39, 0.29) is 11.7 Å². The van der Waals surface area contributed by atoms with Crippen LogP contribution in [-0.2, 0) is 21.2 Å². The predicted molar refractivity (Wildman–Crippen MR) is 87.7 cm³/mol. The van der Waals surface area contributed by atoms with Gasteiger partial charge < -0.3 is 9.72 Å². The Bertz CT molecular complexity index is 751. The zero-order valence-electron chi connectivity index (χ0n) is 12.1. The van der Waals surface area contributed by atoms with Gasteiger partial charge in [0.15, 0.2) is 0 Å². The summed E-state index contributed by atoms with van der Waals surface area (Å²) in [5, 5.41) is 1.71. The summed E-state index contributed by atoms with van der Waals surface area (Å²) in [4.78, 5) is 3.17. The summed E-state index contributed by atoms with van der Waals surface area (Å²) in [6.07, 6.45) is 3.35. The summed E-state index contributed by atoms with van der Waals surface area (Å²) >= 11 is 6.01. The number of aromatic nitrogens is 1. The van der Waals surface area contributed by atoms with Crippen LogP contribution in [0.15, 0.2) is 24.4 Å². The Balaban J connectivity index is 1.58. The second kappa shape index (κ2) is 6.58. The summed E-state index contributed by atoms with van der Waals surface area (Å²) < 4.78 is 32.0. The molecule has 1 atom stereocenters. The normalized spacial score (nSPS) is 19.0. The smallest absolute Gasteiger partial charge is 0.211 e. The zero-order valence-corrected chi connectivity index (χ0v) is 13.7. The van der Waals surface area contributed by atoms with E-state index in [0.29, 0.717) is 31.2 Å². The van der Waals surface area contributed by atoms with Crippen LogP contribution in [0.4, 0.5) is 0 Å². The fourth-order valence-electron chi connectivity index (χ4n) is 2.78. The van der Waals surface area contributed by atoms with Crippen LogP contribution in [0, 0.1) is 5.92 Å². The van der Waals surface area contributed by atoms with Crippen molar-refractivity contribution in [3.63, 3.8) is 0 Å². The first-order chi connectivity index (χ1) is 10.5. The van der Waals surface area contributed by atoms with E-state index in [1.54, 1.807) is 0 Å². The molecule has 1 aromatic heterocycles. The number of sulfonamides is 1. The predicted octanol–water partition coefficient (Wildman–Crippen LogP) is 2.32. The molecule has 7 heteroatoms. The number of hydrogen-bond acceptors (Lipinski definition) is 3. The highest BCUT2D eigenvalue weighted by molar-refractivity contribution is 7.89. The van der Waals surface area contributed by atoms with E-state index in [4.69, 9.17) is 16.3 Å². The molecule has 1 fully saturated rings. The van der Waals surface area contributed by atoms with Gasteiger partial charge in [-0.3, -0.25) is 0 Å². The molecule has 2 N–H and O–H groups in total. The monoisotopic (exact) mass is 342 g/mol. The van der Waals surface area contributed by atoms with Crippen molar-refractivity contribution in [2.75, 3.05) is 25.5 Å². The molecule has 5 nitrogen and oxygen atoms in total. The van der Waals surface area contributed by atoms with Crippen LogP contribution in [0.3, 0.4) is 0 Å². The highest BCUT2D eigenvalue weighted by atomic mass is 35.5. The maximum absolute atomic E-state index is 12.0. The molecule has 0 radical (unpaired) electrons. The largest absolute Gasteiger partial charge is 0.381 e. The van der Waals surface area contributed by atoms with Crippen LogP contribution >= 0.6 is 11.6 Å². The Kier molecular flexibility index (Phi) is 4.73. The van der Waals surface area contributed by atoms with Crippen LogP contribution in [0.1, 0.15) is 12.0 Å². The Morgan fingerprint density at radius 3 is 3.05 bits per heavy atom. The number of fused-ring (bicyclic) bond motifs is 1. The van der Waals surface area contributed by atoms with Crippen molar-refractivity contribution < 1.29 is 13.2 Å². The number of halogens is 1. The maximum Gasteiger partial charge on any atom is 0.211 e. The molecule has 2 heterocycles. The Labute approximate surface area is 135 Å². The second-order valence-electron chi connectivity index (χ2n) is 5.66. The Morgan fingerprint density at radius 2 is 2.27 bits per heavy atom. The molecule has 3 rings (SSSR count). The standard InChI is InChI=1S/C15H19ClN2O3S/c16-13-1-2-15-14(7-13)12(8-17-15)3-5-18-22(19,20)10-11-4-6-21-9-11/h1-2,7-8,11,17-18H,3-6,9-10H2/t11-/m0/s1. The van der Waals surface area contributed by atoms with E-state index in [0.717, 1.165) is 22.9 Å². The van der Waals surface area contributed by atoms with Crippen LogP contribution in [0.2, 0.25) is 5.02 Å². The van der Waals surface area contributed by atoms with Crippen molar-refractivity contribution in [3.8, 4) is 0 Å². The average molecular weight is 343 g/mol. The molecule has 0 amide bonds. The lowest BCUT2D eigenvalue weighted by molar-refractivity contribution is 0.188. The Hall–Kier alpha value is -1.08. The fourth-order valence-corrected chi connectivity index (χ4v) is 4.37. The minimum Gasteiger partial charge on any atom is -0.381 e. The lowest BCUT2D eigenvalue weighted by Crippen LogP contribution is -2.31. The van der Waals surface area contributed by atoms with Gasteiger partial charge in [0.05, 0.1) is 12.4 Å². The van der Waals surface area contributed by atoms with Crippen molar-refractivity contribution in [2.45, 2.75) is 12.8 Å². The zero-order chi connectivity index (χ0) is 15.6. The summed E-state index contributed by atoms with van der Waals surface area (Å²) in [6.45, 7) is 1.59. The van der Waals surface area contributed by atoms with Gasteiger partial charge in [-0.25, -0.2) is 13.1 Å². The van der Waals surface area contributed by atoms with E-state index in [2.05, 4.69) is 9.71 Å². The highest BCUT2D eigenvalue weighted by Gasteiger charge is 2.22.